The zero-order valence-electron chi connectivity index (χ0n) is 9.57. The van der Waals surface area contributed by atoms with E-state index in [1.165, 1.54) is 0 Å². The molecular weight excluding hydrogens is 226 g/mol. The molecule has 0 heterocycles. The first-order chi connectivity index (χ1) is 7.49. The van der Waals surface area contributed by atoms with Gasteiger partial charge in [0.15, 0.2) is 0 Å². The molecule has 3 N–H and O–H groups in total. The smallest absolute Gasteiger partial charge is 0.134 e. The van der Waals surface area contributed by atoms with E-state index in [0.717, 1.165) is 5.56 Å². The topological polar surface area (TPSA) is 52.5 Å². The van der Waals surface area contributed by atoms with Gasteiger partial charge in [0.1, 0.15) is 5.75 Å². The molecule has 0 aromatic heterocycles. The number of benzene rings is 1. The summed E-state index contributed by atoms with van der Waals surface area (Å²) in [5.41, 5.74) is 1.01. The molecule has 0 aliphatic heterocycles. The Labute approximate surface area is 101 Å². The summed E-state index contributed by atoms with van der Waals surface area (Å²) in [4.78, 5) is 0. The lowest BCUT2D eigenvalue weighted by atomic mass is 10.1. The lowest BCUT2D eigenvalue weighted by molar-refractivity contribution is 0.170. The molecule has 16 heavy (non-hydrogen) atoms. The van der Waals surface area contributed by atoms with Crippen molar-refractivity contribution in [3.05, 3.63) is 28.8 Å². The molecule has 1 aromatic rings. The standard InChI is InChI=1S/C12H18ClNO2/c1-8(5-9(2)15)14-7-10-3-4-12(16)11(13)6-10/h3-4,6,8-9,14-16H,5,7H2,1-2H3. The van der Waals surface area contributed by atoms with Crippen LogP contribution in [0.2, 0.25) is 5.02 Å². The lowest BCUT2D eigenvalue weighted by Gasteiger charge is -2.15. The highest BCUT2D eigenvalue weighted by molar-refractivity contribution is 6.32. The minimum absolute atomic E-state index is 0.0995. The fourth-order valence-electron chi connectivity index (χ4n) is 1.55. The van der Waals surface area contributed by atoms with Crippen LogP contribution >= 0.6 is 11.6 Å². The van der Waals surface area contributed by atoms with Gasteiger partial charge in [0.2, 0.25) is 0 Å². The third-order valence-corrected chi connectivity index (χ3v) is 2.66. The van der Waals surface area contributed by atoms with E-state index in [-0.39, 0.29) is 17.9 Å². The molecule has 1 aromatic carbocycles. The van der Waals surface area contributed by atoms with E-state index in [9.17, 15) is 10.2 Å². The quantitative estimate of drug-likeness (QED) is 0.744. The van der Waals surface area contributed by atoms with E-state index in [2.05, 4.69) is 5.32 Å². The molecule has 0 aliphatic rings. The Morgan fingerprint density at radius 2 is 2.06 bits per heavy atom. The minimum Gasteiger partial charge on any atom is -0.506 e. The van der Waals surface area contributed by atoms with Gasteiger partial charge in [-0.3, -0.25) is 0 Å². The van der Waals surface area contributed by atoms with Gasteiger partial charge in [0.25, 0.3) is 0 Å². The monoisotopic (exact) mass is 243 g/mol. The van der Waals surface area contributed by atoms with Gasteiger partial charge in [-0.1, -0.05) is 17.7 Å². The van der Waals surface area contributed by atoms with Crippen molar-refractivity contribution in [2.24, 2.45) is 0 Å². The number of hydrogen-bond acceptors (Lipinski definition) is 3. The molecule has 3 nitrogen and oxygen atoms in total. The molecule has 2 atom stereocenters. The van der Waals surface area contributed by atoms with Crippen LogP contribution < -0.4 is 5.32 Å². The zero-order valence-corrected chi connectivity index (χ0v) is 10.3. The molecule has 0 aliphatic carbocycles. The van der Waals surface area contributed by atoms with Crippen molar-refractivity contribution >= 4 is 11.6 Å². The van der Waals surface area contributed by atoms with E-state index in [1.807, 2.05) is 13.0 Å². The van der Waals surface area contributed by atoms with Crippen LogP contribution in [0, 0.1) is 0 Å². The van der Waals surface area contributed by atoms with Crippen LogP contribution in [-0.4, -0.2) is 22.4 Å². The Hall–Kier alpha value is -0.770. The Morgan fingerprint density at radius 1 is 1.38 bits per heavy atom. The zero-order chi connectivity index (χ0) is 12.1. The summed E-state index contributed by atoms with van der Waals surface area (Å²) in [7, 11) is 0. The number of phenolic OH excluding ortho intramolecular Hbond substituents is 1. The molecule has 4 heteroatoms. The predicted molar refractivity (Wildman–Crippen MR) is 65.7 cm³/mol. The molecule has 1 rings (SSSR count). The van der Waals surface area contributed by atoms with Crippen molar-refractivity contribution in [1.82, 2.24) is 5.32 Å². The van der Waals surface area contributed by atoms with Crippen molar-refractivity contribution in [2.75, 3.05) is 0 Å². The van der Waals surface area contributed by atoms with Gasteiger partial charge in [0.05, 0.1) is 11.1 Å². The van der Waals surface area contributed by atoms with Crippen LogP contribution in [0.5, 0.6) is 5.75 Å². The molecule has 0 amide bonds. The number of aliphatic hydroxyl groups is 1. The number of halogens is 1. The maximum absolute atomic E-state index is 9.25. The van der Waals surface area contributed by atoms with Crippen molar-refractivity contribution in [3.63, 3.8) is 0 Å². The van der Waals surface area contributed by atoms with Crippen LogP contribution in [0.4, 0.5) is 0 Å². The molecule has 0 radical (unpaired) electrons. The number of phenols is 1. The van der Waals surface area contributed by atoms with Crippen LogP contribution in [-0.2, 0) is 6.54 Å². The fourth-order valence-corrected chi connectivity index (χ4v) is 1.75. The van der Waals surface area contributed by atoms with Gasteiger partial charge in [-0.15, -0.1) is 0 Å². The van der Waals surface area contributed by atoms with Crippen LogP contribution in [0.25, 0.3) is 0 Å². The molecule has 2 unspecified atom stereocenters. The molecule has 0 bridgehead atoms. The first-order valence-electron chi connectivity index (χ1n) is 5.38. The number of nitrogens with one attached hydrogen (secondary N) is 1. The van der Waals surface area contributed by atoms with Gasteiger partial charge in [-0.25, -0.2) is 0 Å². The number of rotatable bonds is 5. The highest BCUT2D eigenvalue weighted by Gasteiger charge is 2.06. The minimum atomic E-state index is -0.300. The summed E-state index contributed by atoms with van der Waals surface area (Å²) in [5, 5.41) is 22.1. The van der Waals surface area contributed by atoms with E-state index < -0.39 is 0 Å². The highest BCUT2D eigenvalue weighted by atomic mass is 35.5. The Morgan fingerprint density at radius 3 is 2.62 bits per heavy atom. The van der Waals surface area contributed by atoms with Gasteiger partial charge in [0, 0.05) is 12.6 Å². The van der Waals surface area contributed by atoms with Gasteiger partial charge in [-0.05, 0) is 38.0 Å². The van der Waals surface area contributed by atoms with E-state index in [1.54, 1.807) is 19.1 Å². The Balaban J connectivity index is 2.45. The van der Waals surface area contributed by atoms with Crippen molar-refractivity contribution in [2.45, 2.75) is 39.0 Å². The first-order valence-corrected chi connectivity index (χ1v) is 5.75. The van der Waals surface area contributed by atoms with Crippen LogP contribution in [0.1, 0.15) is 25.8 Å². The summed E-state index contributed by atoms with van der Waals surface area (Å²) in [6, 6.07) is 5.38. The van der Waals surface area contributed by atoms with Gasteiger partial charge >= 0.3 is 0 Å². The Kier molecular flexibility index (Phi) is 5.06. The first kappa shape index (κ1) is 13.3. The number of aromatic hydroxyl groups is 1. The molecule has 0 fully saturated rings. The molecular formula is C12H18ClNO2. The number of aliphatic hydroxyl groups excluding tert-OH is 1. The average molecular weight is 244 g/mol. The second-order valence-corrected chi connectivity index (χ2v) is 4.56. The van der Waals surface area contributed by atoms with Crippen LogP contribution in [0.15, 0.2) is 18.2 Å². The van der Waals surface area contributed by atoms with E-state index >= 15 is 0 Å². The predicted octanol–water partition coefficient (Wildman–Crippen LogP) is 2.29. The second kappa shape index (κ2) is 6.09. The van der Waals surface area contributed by atoms with Gasteiger partial charge < -0.3 is 15.5 Å². The third-order valence-electron chi connectivity index (χ3n) is 2.36. The third kappa shape index (κ3) is 4.39. The SMILES string of the molecule is CC(O)CC(C)NCc1ccc(O)c(Cl)c1. The van der Waals surface area contributed by atoms with Crippen molar-refractivity contribution in [3.8, 4) is 5.75 Å². The van der Waals surface area contributed by atoms with Crippen molar-refractivity contribution in [1.29, 1.82) is 0 Å². The van der Waals surface area contributed by atoms with Crippen LogP contribution in [0.3, 0.4) is 0 Å². The Bertz CT molecular complexity index is 342. The molecule has 0 saturated heterocycles. The maximum atomic E-state index is 9.25. The van der Waals surface area contributed by atoms with Crippen molar-refractivity contribution < 1.29 is 10.2 Å². The van der Waals surface area contributed by atoms with E-state index in [0.29, 0.717) is 18.0 Å². The lowest BCUT2D eigenvalue weighted by Crippen LogP contribution is -2.28. The summed E-state index contributed by atoms with van der Waals surface area (Å²) in [6.07, 6.45) is 0.414. The summed E-state index contributed by atoms with van der Waals surface area (Å²) in [6.45, 7) is 4.47. The normalized spacial score (nSPS) is 14.8. The number of hydrogen-bond donors (Lipinski definition) is 3. The summed E-state index contributed by atoms with van der Waals surface area (Å²) < 4.78 is 0. The maximum Gasteiger partial charge on any atom is 0.134 e. The van der Waals surface area contributed by atoms with Gasteiger partial charge in [-0.2, -0.15) is 0 Å². The largest absolute Gasteiger partial charge is 0.506 e. The summed E-state index contributed by atoms with van der Waals surface area (Å²) >= 11 is 5.80. The highest BCUT2D eigenvalue weighted by Crippen LogP contribution is 2.23. The molecule has 0 spiro atoms. The molecule has 90 valence electrons. The van der Waals surface area contributed by atoms with E-state index in [4.69, 9.17) is 11.6 Å². The summed E-state index contributed by atoms with van der Waals surface area (Å²) in [5.74, 6) is 0.0995. The molecule has 0 saturated carbocycles. The second-order valence-electron chi connectivity index (χ2n) is 4.15. The average Bonchev–Trinajstić information content (AvgIpc) is 2.19. The fraction of sp³-hybridized carbons (Fsp3) is 0.500.